The number of nitrogens with zero attached hydrogens (tertiary/aromatic N) is 2. The topological polar surface area (TPSA) is 47.0 Å². The third-order valence-electron chi connectivity index (χ3n) is 1.95. The molecule has 0 saturated carbocycles. The first-order chi connectivity index (χ1) is 6.34. The normalized spacial score (nSPS) is 18.8. The van der Waals surface area contributed by atoms with Gasteiger partial charge in [-0.2, -0.15) is 0 Å². The fourth-order valence-electron chi connectivity index (χ4n) is 1.28. The van der Waals surface area contributed by atoms with E-state index in [9.17, 15) is 0 Å². The predicted molar refractivity (Wildman–Crippen MR) is 55.1 cm³/mol. The molecule has 0 unspecified atom stereocenters. The Morgan fingerprint density at radius 3 is 2.77 bits per heavy atom. The average Bonchev–Trinajstić information content (AvgIpc) is 2.53. The Morgan fingerprint density at radius 1 is 1.38 bits per heavy atom. The van der Waals surface area contributed by atoms with Crippen LogP contribution >= 0.6 is 27.3 Å². The van der Waals surface area contributed by atoms with Gasteiger partial charge in [-0.25, -0.2) is 0 Å². The van der Waals surface area contributed by atoms with E-state index in [1.807, 2.05) is 0 Å². The van der Waals surface area contributed by atoms with E-state index in [1.165, 1.54) is 11.3 Å². The van der Waals surface area contributed by atoms with Crippen LogP contribution in [0, 0.1) is 0 Å². The van der Waals surface area contributed by atoms with Crippen molar-refractivity contribution in [1.82, 2.24) is 10.2 Å². The first-order valence-corrected chi connectivity index (χ1v) is 5.79. The van der Waals surface area contributed by atoms with Crippen LogP contribution in [-0.2, 0) is 4.74 Å². The maximum Gasteiger partial charge on any atom is 0.206 e. The standard InChI is InChI=1S/C7H10BrN3OS/c8-6-10-11-7(13-6)9-5-1-3-12-4-2-5/h5H,1-4H2,(H,9,11). The molecular weight excluding hydrogens is 254 g/mol. The zero-order valence-corrected chi connectivity index (χ0v) is 9.40. The molecule has 13 heavy (non-hydrogen) atoms. The van der Waals surface area contributed by atoms with Crippen molar-refractivity contribution in [1.29, 1.82) is 0 Å². The molecule has 0 spiro atoms. The van der Waals surface area contributed by atoms with Crippen molar-refractivity contribution in [2.45, 2.75) is 18.9 Å². The fraction of sp³-hybridized carbons (Fsp3) is 0.714. The minimum Gasteiger partial charge on any atom is -0.381 e. The minimum atomic E-state index is 0.494. The largest absolute Gasteiger partial charge is 0.381 e. The van der Waals surface area contributed by atoms with Crippen LogP contribution in [-0.4, -0.2) is 29.5 Å². The molecule has 0 bridgehead atoms. The molecule has 1 aliphatic heterocycles. The first kappa shape index (κ1) is 9.36. The van der Waals surface area contributed by atoms with Crippen molar-refractivity contribution in [3.8, 4) is 0 Å². The number of rotatable bonds is 2. The van der Waals surface area contributed by atoms with Gasteiger partial charge in [0.2, 0.25) is 5.13 Å². The van der Waals surface area contributed by atoms with Crippen molar-refractivity contribution in [2.75, 3.05) is 18.5 Å². The SMILES string of the molecule is Brc1nnc(NC2CCOCC2)s1. The van der Waals surface area contributed by atoms with Gasteiger partial charge >= 0.3 is 0 Å². The molecular formula is C7H10BrN3OS. The minimum absolute atomic E-state index is 0.494. The summed E-state index contributed by atoms with van der Waals surface area (Å²) in [6.45, 7) is 1.69. The van der Waals surface area contributed by atoms with Crippen molar-refractivity contribution in [3.63, 3.8) is 0 Å². The van der Waals surface area contributed by atoms with Crippen LogP contribution in [0.3, 0.4) is 0 Å². The maximum atomic E-state index is 5.26. The molecule has 0 radical (unpaired) electrons. The Labute approximate surface area is 88.8 Å². The van der Waals surface area contributed by atoms with E-state index >= 15 is 0 Å². The van der Waals surface area contributed by atoms with Crippen LogP contribution in [0.25, 0.3) is 0 Å². The summed E-state index contributed by atoms with van der Waals surface area (Å²) in [5.74, 6) is 0. The number of hydrogen-bond donors (Lipinski definition) is 1. The summed E-state index contributed by atoms with van der Waals surface area (Å²) in [6.07, 6.45) is 2.11. The Balaban J connectivity index is 1.89. The van der Waals surface area contributed by atoms with E-state index in [0.29, 0.717) is 6.04 Å². The lowest BCUT2D eigenvalue weighted by Gasteiger charge is -2.22. The Kier molecular flexibility index (Phi) is 3.13. The molecule has 0 aromatic carbocycles. The molecule has 2 rings (SSSR count). The van der Waals surface area contributed by atoms with E-state index in [0.717, 1.165) is 35.1 Å². The van der Waals surface area contributed by atoms with Crippen LogP contribution in [0.2, 0.25) is 0 Å². The van der Waals surface area contributed by atoms with Crippen LogP contribution in [0.4, 0.5) is 5.13 Å². The second kappa shape index (κ2) is 4.34. The van der Waals surface area contributed by atoms with Crippen LogP contribution in [0.5, 0.6) is 0 Å². The summed E-state index contributed by atoms with van der Waals surface area (Å²) in [7, 11) is 0. The fourth-order valence-corrected chi connectivity index (χ4v) is 2.37. The summed E-state index contributed by atoms with van der Waals surface area (Å²) in [5, 5.41) is 12.1. The molecule has 1 aliphatic rings. The molecule has 0 amide bonds. The van der Waals surface area contributed by atoms with E-state index < -0.39 is 0 Å². The summed E-state index contributed by atoms with van der Waals surface area (Å²) < 4.78 is 6.08. The van der Waals surface area contributed by atoms with Crippen molar-refractivity contribution in [2.24, 2.45) is 0 Å². The van der Waals surface area contributed by atoms with Crippen molar-refractivity contribution >= 4 is 32.4 Å². The number of aromatic nitrogens is 2. The summed E-state index contributed by atoms with van der Waals surface area (Å²) >= 11 is 4.80. The van der Waals surface area contributed by atoms with Crippen LogP contribution < -0.4 is 5.32 Å². The Bertz CT molecular complexity index is 274. The predicted octanol–water partition coefficient (Wildman–Crippen LogP) is 1.89. The highest BCUT2D eigenvalue weighted by Gasteiger charge is 2.14. The first-order valence-electron chi connectivity index (χ1n) is 4.18. The second-order valence-electron chi connectivity index (χ2n) is 2.89. The van der Waals surface area contributed by atoms with Gasteiger partial charge in [-0.3, -0.25) is 0 Å². The lowest BCUT2D eigenvalue weighted by Crippen LogP contribution is -2.27. The highest BCUT2D eigenvalue weighted by atomic mass is 79.9. The molecule has 1 fully saturated rings. The molecule has 1 N–H and O–H groups in total. The van der Waals surface area contributed by atoms with Gasteiger partial charge < -0.3 is 10.1 Å². The lowest BCUT2D eigenvalue weighted by atomic mass is 10.1. The number of ether oxygens (including phenoxy) is 1. The second-order valence-corrected chi connectivity index (χ2v) is 5.14. The van der Waals surface area contributed by atoms with Crippen LogP contribution in [0.15, 0.2) is 3.92 Å². The van der Waals surface area contributed by atoms with E-state index in [4.69, 9.17) is 4.74 Å². The highest BCUT2D eigenvalue weighted by molar-refractivity contribution is 9.11. The maximum absolute atomic E-state index is 5.26. The van der Waals surface area contributed by atoms with Crippen LogP contribution in [0.1, 0.15) is 12.8 Å². The van der Waals surface area contributed by atoms with Gasteiger partial charge in [0.15, 0.2) is 3.92 Å². The zero-order valence-electron chi connectivity index (χ0n) is 6.99. The average molecular weight is 264 g/mol. The molecule has 72 valence electrons. The highest BCUT2D eigenvalue weighted by Crippen LogP contribution is 2.22. The summed E-state index contributed by atoms with van der Waals surface area (Å²) in [6, 6.07) is 0.494. The van der Waals surface area contributed by atoms with Gasteiger partial charge in [0, 0.05) is 19.3 Å². The third kappa shape index (κ3) is 2.62. The smallest absolute Gasteiger partial charge is 0.206 e. The Hall–Kier alpha value is -0.200. The van der Waals surface area contributed by atoms with E-state index in [1.54, 1.807) is 0 Å². The summed E-state index contributed by atoms with van der Waals surface area (Å²) in [5.41, 5.74) is 0. The molecule has 4 nitrogen and oxygen atoms in total. The quantitative estimate of drug-likeness (QED) is 0.886. The van der Waals surface area contributed by atoms with E-state index in [2.05, 4.69) is 31.4 Å². The molecule has 0 aliphatic carbocycles. The number of halogens is 1. The molecule has 6 heteroatoms. The zero-order chi connectivity index (χ0) is 9.10. The Morgan fingerprint density at radius 2 is 2.15 bits per heavy atom. The van der Waals surface area contributed by atoms with Gasteiger partial charge in [-0.05, 0) is 28.8 Å². The lowest BCUT2D eigenvalue weighted by molar-refractivity contribution is 0.0904. The monoisotopic (exact) mass is 263 g/mol. The molecule has 0 atom stereocenters. The summed E-state index contributed by atoms with van der Waals surface area (Å²) in [4.78, 5) is 0. The molecule has 1 saturated heterocycles. The van der Waals surface area contributed by atoms with Gasteiger partial charge in [-0.1, -0.05) is 11.3 Å². The number of hydrogen-bond acceptors (Lipinski definition) is 5. The molecule has 2 heterocycles. The van der Waals surface area contributed by atoms with Gasteiger partial charge in [-0.15, -0.1) is 10.2 Å². The number of nitrogens with one attached hydrogen (secondary N) is 1. The number of anilines is 1. The van der Waals surface area contributed by atoms with Crippen molar-refractivity contribution < 1.29 is 4.74 Å². The van der Waals surface area contributed by atoms with E-state index in [-0.39, 0.29) is 0 Å². The molecule has 1 aromatic rings. The van der Waals surface area contributed by atoms with Gasteiger partial charge in [0.25, 0.3) is 0 Å². The van der Waals surface area contributed by atoms with Gasteiger partial charge in [0.1, 0.15) is 0 Å². The third-order valence-corrected chi connectivity index (χ3v) is 3.24. The van der Waals surface area contributed by atoms with Crippen molar-refractivity contribution in [3.05, 3.63) is 3.92 Å². The van der Waals surface area contributed by atoms with Gasteiger partial charge in [0.05, 0.1) is 0 Å². The molecule has 1 aromatic heterocycles.